The summed E-state index contributed by atoms with van der Waals surface area (Å²) in [5.41, 5.74) is 2.78. The van der Waals surface area contributed by atoms with Gasteiger partial charge in [0.25, 0.3) is 0 Å². The van der Waals surface area contributed by atoms with Gasteiger partial charge in [-0.1, -0.05) is 0 Å². The maximum atomic E-state index is 11.1. The molecule has 0 spiro atoms. The van der Waals surface area contributed by atoms with E-state index in [0.717, 1.165) is 23.0 Å². The van der Waals surface area contributed by atoms with E-state index in [1.165, 1.54) is 12.1 Å². The third-order valence-electron chi connectivity index (χ3n) is 2.84. The molecule has 5 heteroatoms. The van der Waals surface area contributed by atoms with Crippen molar-refractivity contribution in [3.8, 4) is 11.1 Å². The number of benzene rings is 1. The summed E-state index contributed by atoms with van der Waals surface area (Å²) in [6.07, 6.45) is 0. The first-order valence-electron chi connectivity index (χ1n) is 5.94. The van der Waals surface area contributed by atoms with Crippen LogP contribution in [0.4, 0.5) is 0 Å². The number of carbonyl (C=O) groups is 2. The summed E-state index contributed by atoms with van der Waals surface area (Å²) in [4.78, 5) is 26.4. The quantitative estimate of drug-likeness (QED) is 0.896. The molecule has 0 radical (unpaired) electrons. The fourth-order valence-corrected chi connectivity index (χ4v) is 2.04. The van der Waals surface area contributed by atoms with Crippen molar-refractivity contribution >= 4 is 11.9 Å². The number of pyridine rings is 1. The molecule has 1 aromatic carbocycles. The van der Waals surface area contributed by atoms with Crippen molar-refractivity contribution in [2.24, 2.45) is 0 Å². The average molecular weight is 271 g/mol. The molecule has 102 valence electrons. The van der Waals surface area contributed by atoms with Crippen molar-refractivity contribution in [2.45, 2.75) is 13.8 Å². The third-order valence-corrected chi connectivity index (χ3v) is 2.84. The molecule has 0 aliphatic carbocycles. The average Bonchev–Trinajstić information content (AvgIpc) is 2.36. The SMILES string of the molecule is Cc1cc(-c2cc(C(=O)O)cc(C(=O)O)c2)cc(C)n1. The molecular weight excluding hydrogens is 258 g/mol. The smallest absolute Gasteiger partial charge is 0.335 e. The molecule has 2 rings (SSSR count). The summed E-state index contributed by atoms with van der Waals surface area (Å²) in [6.45, 7) is 3.66. The summed E-state index contributed by atoms with van der Waals surface area (Å²) >= 11 is 0. The van der Waals surface area contributed by atoms with Gasteiger partial charge in [0, 0.05) is 11.4 Å². The van der Waals surface area contributed by atoms with E-state index in [0.29, 0.717) is 5.56 Å². The van der Waals surface area contributed by atoms with Crippen molar-refractivity contribution in [2.75, 3.05) is 0 Å². The molecule has 0 saturated heterocycles. The minimum Gasteiger partial charge on any atom is -0.478 e. The van der Waals surface area contributed by atoms with Crippen molar-refractivity contribution in [1.82, 2.24) is 4.98 Å². The van der Waals surface area contributed by atoms with Crippen LogP contribution in [0, 0.1) is 13.8 Å². The van der Waals surface area contributed by atoms with E-state index in [-0.39, 0.29) is 11.1 Å². The second-order valence-corrected chi connectivity index (χ2v) is 4.55. The lowest BCUT2D eigenvalue weighted by Crippen LogP contribution is -2.03. The molecule has 0 unspecified atom stereocenters. The van der Waals surface area contributed by atoms with Crippen LogP contribution in [0.2, 0.25) is 0 Å². The normalized spacial score (nSPS) is 10.3. The first kappa shape index (κ1) is 13.7. The van der Waals surface area contributed by atoms with Crippen molar-refractivity contribution in [3.63, 3.8) is 0 Å². The Morgan fingerprint density at radius 2 is 1.20 bits per heavy atom. The molecule has 2 aromatic rings. The fourth-order valence-electron chi connectivity index (χ4n) is 2.04. The summed E-state index contributed by atoms with van der Waals surface area (Å²) in [5.74, 6) is -2.31. The predicted octanol–water partition coefficient (Wildman–Crippen LogP) is 2.76. The van der Waals surface area contributed by atoms with Crippen molar-refractivity contribution in [3.05, 3.63) is 52.8 Å². The highest BCUT2D eigenvalue weighted by Crippen LogP contribution is 2.24. The maximum Gasteiger partial charge on any atom is 0.335 e. The van der Waals surface area contributed by atoms with E-state index in [2.05, 4.69) is 4.98 Å². The van der Waals surface area contributed by atoms with Gasteiger partial charge in [0.1, 0.15) is 0 Å². The Morgan fingerprint density at radius 1 is 0.800 bits per heavy atom. The second kappa shape index (κ2) is 5.13. The van der Waals surface area contributed by atoms with E-state index in [4.69, 9.17) is 10.2 Å². The van der Waals surface area contributed by atoms with Gasteiger partial charge in [-0.25, -0.2) is 9.59 Å². The Kier molecular flexibility index (Phi) is 3.52. The first-order valence-corrected chi connectivity index (χ1v) is 5.94. The lowest BCUT2D eigenvalue weighted by atomic mass is 9.99. The molecule has 20 heavy (non-hydrogen) atoms. The van der Waals surface area contributed by atoms with Gasteiger partial charge in [0.15, 0.2) is 0 Å². The number of hydrogen-bond acceptors (Lipinski definition) is 3. The number of aromatic carboxylic acids is 2. The Hall–Kier alpha value is -2.69. The van der Waals surface area contributed by atoms with Crippen LogP contribution in [0.15, 0.2) is 30.3 Å². The van der Waals surface area contributed by atoms with Crippen LogP contribution in [-0.4, -0.2) is 27.1 Å². The Balaban J connectivity index is 2.66. The minimum absolute atomic E-state index is 0.0491. The largest absolute Gasteiger partial charge is 0.478 e. The van der Waals surface area contributed by atoms with Crippen LogP contribution >= 0.6 is 0 Å². The summed E-state index contributed by atoms with van der Waals surface area (Å²) < 4.78 is 0. The molecule has 0 fully saturated rings. The number of carboxylic acids is 2. The Labute approximate surface area is 115 Å². The fraction of sp³-hybridized carbons (Fsp3) is 0.133. The van der Waals surface area contributed by atoms with Crippen LogP contribution in [0.1, 0.15) is 32.1 Å². The summed E-state index contributed by atoms with van der Waals surface area (Å²) in [6, 6.07) is 7.65. The minimum atomic E-state index is -1.16. The zero-order chi connectivity index (χ0) is 14.9. The van der Waals surface area contributed by atoms with Crippen LogP contribution in [0.25, 0.3) is 11.1 Å². The lowest BCUT2D eigenvalue weighted by Gasteiger charge is -2.07. The molecule has 0 bridgehead atoms. The van der Waals surface area contributed by atoms with Crippen LogP contribution < -0.4 is 0 Å². The number of carboxylic acid groups (broad SMARTS) is 2. The molecule has 5 nitrogen and oxygen atoms in total. The van der Waals surface area contributed by atoms with Gasteiger partial charge >= 0.3 is 11.9 Å². The van der Waals surface area contributed by atoms with Crippen molar-refractivity contribution in [1.29, 1.82) is 0 Å². The number of aromatic nitrogens is 1. The van der Waals surface area contributed by atoms with Crippen LogP contribution in [0.5, 0.6) is 0 Å². The standard InChI is InChI=1S/C15H13NO4/c1-8-3-10(4-9(2)16-8)11-5-12(14(17)18)7-13(6-11)15(19)20/h3-7H,1-2H3,(H,17,18)(H,19,20). The van der Waals surface area contributed by atoms with E-state index in [9.17, 15) is 9.59 Å². The Morgan fingerprint density at radius 3 is 1.60 bits per heavy atom. The Bertz CT molecular complexity index is 655. The molecule has 2 N–H and O–H groups in total. The zero-order valence-corrected chi connectivity index (χ0v) is 11.0. The summed E-state index contributed by atoms with van der Waals surface area (Å²) in [5, 5.41) is 18.1. The van der Waals surface area contributed by atoms with E-state index in [1.54, 1.807) is 12.1 Å². The number of nitrogens with zero attached hydrogens (tertiary/aromatic N) is 1. The molecule has 0 atom stereocenters. The topological polar surface area (TPSA) is 87.5 Å². The maximum absolute atomic E-state index is 11.1. The number of aryl methyl sites for hydroxylation is 2. The monoisotopic (exact) mass is 271 g/mol. The van der Waals surface area contributed by atoms with Gasteiger partial charge in [0.05, 0.1) is 11.1 Å². The second-order valence-electron chi connectivity index (χ2n) is 4.55. The number of rotatable bonds is 3. The molecule has 0 aliphatic heterocycles. The van der Waals surface area contributed by atoms with Gasteiger partial charge in [-0.2, -0.15) is 0 Å². The molecule has 0 amide bonds. The zero-order valence-electron chi connectivity index (χ0n) is 11.0. The highest BCUT2D eigenvalue weighted by atomic mass is 16.4. The van der Waals surface area contributed by atoms with Crippen LogP contribution in [-0.2, 0) is 0 Å². The van der Waals surface area contributed by atoms with Gasteiger partial charge in [-0.3, -0.25) is 4.98 Å². The van der Waals surface area contributed by atoms with Gasteiger partial charge in [0.2, 0.25) is 0 Å². The van der Waals surface area contributed by atoms with Crippen LogP contribution in [0.3, 0.4) is 0 Å². The van der Waals surface area contributed by atoms with Gasteiger partial charge in [-0.05, 0) is 55.3 Å². The molecular formula is C15H13NO4. The van der Waals surface area contributed by atoms with E-state index in [1.807, 2.05) is 13.8 Å². The molecule has 1 aromatic heterocycles. The van der Waals surface area contributed by atoms with Crippen molar-refractivity contribution < 1.29 is 19.8 Å². The molecule has 0 aliphatic rings. The molecule has 1 heterocycles. The van der Waals surface area contributed by atoms with E-state index >= 15 is 0 Å². The van der Waals surface area contributed by atoms with Gasteiger partial charge in [-0.15, -0.1) is 0 Å². The number of hydrogen-bond donors (Lipinski definition) is 2. The molecule has 0 saturated carbocycles. The van der Waals surface area contributed by atoms with E-state index < -0.39 is 11.9 Å². The highest BCUT2D eigenvalue weighted by molar-refractivity contribution is 5.96. The predicted molar refractivity (Wildman–Crippen MR) is 73.1 cm³/mol. The third kappa shape index (κ3) is 2.83. The first-order chi connectivity index (χ1) is 9.36. The highest BCUT2D eigenvalue weighted by Gasteiger charge is 2.12. The summed E-state index contributed by atoms with van der Waals surface area (Å²) in [7, 11) is 0. The lowest BCUT2D eigenvalue weighted by molar-refractivity contribution is 0.0696. The van der Waals surface area contributed by atoms with Gasteiger partial charge < -0.3 is 10.2 Å².